The van der Waals surface area contributed by atoms with E-state index >= 15 is 0 Å². The molecule has 1 aromatic carbocycles. The summed E-state index contributed by atoms with van der Waals surface area (Å²) in [5.41, 5.74) is 2.68. The Morgan fingerprint density at radius 2 is 2.04 bits per heavy atom. The molecule has 0 spiro atoms. The van der Waals surface area contributed by atoms with Crippen LogP contribution in [0.4, 0.5) is 11.6 Å². The third-order valence-corrected chi connectivity index (χ3v) is 5.76. The smallest absolute Gasteiger partial charge is 0.136 e. The van der Waals surface area contributed by atoms with Crippen molar-refractivity contribution in [2.24, 2.45) is 5.92 Å². The van der Waals surface area contributed by atoms with Crippen LogP contribution >= 0.6 is 0 Å². The van der Waals surface area contributed by atoms with Gasteiger partial charge in [0.15, 0.2) is 0 Å². The van der Waals surface area contributed by atoms with Gasteiger partial charge in [0.2, 0.25) is 0 Å². The van der Waals surface area contributed by atoms with Gasteiger partial charge in [-0.1, -0.05) is 19.9 Å². The van der Waals surface area contributed by atoms with Gasteiger partial charge < -0.3 is 20.1 Å². The molecule has 0 radical (unpaired) electrons. The topological polar surface area (TPSA) is 70.5 Å². The normalized spacial score (nSPS) is 17.4. The summed E-state index contributed by atoms with van der Waals surface area (Å²) in [5, 5.41) is 13.1. The molecular formula is C22H30N4O2. The lowest BCUT2D eigenvalue weighted by Gasteiger charge is -2.31. The van der Waals surface area contributed by atoms with Gasteiger partial charge in [-0.3, -0.25) is 0 Å². The largest absolute Gasteiger partial charge is 0.497 e. The third-order valence-electron chi connectivity index (χ3n) is 5.76. The molecule has 1 atom stereocenters. The van der Waals surface area contributed by atoms with E-state index < -0.39 is 0 Å². The third kappa shape index (κ3) is 4.07. The molecule has 2 N–H and O–H groups in total. The minimum absolute atomic E-state index is 0.00986. The van der Waals surface area contributed by atoms with Gasteiger partial charge in [-0.15, -0.1) is 0 Å². The number of ether oxygens (including phenoxy) is 1. The number of benzene rings is 1. The summed E-state index contributed by atoms with van der Waals surface area (Å²) < 4.78 is 5.36. The molecular weight excluding hydrogens is 352 g/mol. The summed E-state index contributed by atoms with van der Waals surface area (Å²) in [4.78, 5) is 12.0. The van der Waals surface area contributed by atoms with E-state index in [0.717, 1.165) is 42.7 Å². The van der Waals surface area contributed by atoms with Crippen molar-refractivity contribution in [2.75, 3.05) is 30.5 Å². The lowest BCUT2D eigenvalue weighted by Crippen LogP contribution is -2.32. The number of fused-ring (bicyclic) bond motifs is 1. The number of hydrogen-bond donors (Lipinski definition) is 2. The summed E-state index contributed by atoms with van der Waals surface area (Å²) in [6.07, 6.45) is 3.31. The molecule has 2 aliphatic rings. The van der Waals surface area contributed by atoms with E-state index in [4.69, 9.17) is 14.7 Å². The highest BCUT2D eigenvalue weighted by Crippen LogP contribution is 2.39. The molecule has 1 fully saturated rings. The van der Waals surface area contributed by atoms with Crippen LogP contribution in [0.2, 0.25) is 0 Å². The molecule has 1 aromatic heterocycles. The highest BCUT2D eigenvalue weighted by Gasteiger charge is 2.29. The van der Waals surface area contributed by atoms with Crippen LogP contribution in [-0.2, 0) is 13.0 Å². The molecule has 0 unspecified atom stereocenters. The maximum Gasteiger partial charge on any atom is 0.136 e. The Hall–Kier alpha value is -2.34. The van der Waals surface area contributed by atoms with Crippen LogP contribution in [0.25, 0.3) is 0 Å². The van der Waals surface area contributed by atoms with Crippen molar-refractivity contribution >= 4 is 11.6 Å². The number of aromatic nitrogens is 2. The number of methoxy groups -OCH3 is 1. The lowest BCUT2D eigenvalue weighted by atomic mass is 9.99. The summed E-state index contributed by atoms with van der Waals surface area (Å²) in [5.74, 6) is 4.45. The molecule has 2 aromatic rings. The van der Waals surface area contributed by atoms with E-state index in [1.54, 1.807) is 7.11 Å². The summed E-state index contributed by atoms with van der Waals surface area (Å²) in [6.45, 7) is 6.07. The van der Waals surface area contributed by atoms with Gasteiger partial charge in [0, 0.05) is 25.1 Å². The van der Waals surface area contributed by atoms with Crippen LogP contribution < -0.4 is 15.0 Å². The van der Waals surface area contributed by atoms with Crippen molar-refractivity contribution in [2.45, 2.75) is 51.6 Å². The van der Waals surface area contributed by atoms with Crippen LogP contribution in [0.1, 0.15) is 49.6 Å². The SMILES string of the molecule is COc1ccc2c(c1)CCN(c1cc(N[C@H](CO)C(C)C)nc(C3CC3)n1)C2. The first kappa shape index (κ1) is 19.0. The lowest BCUT2D eigenvalue weighted by molar-refractivity contribution is 0.249. The van der Waals surface area contributed by atoms with Gasteiger partial charge >= 0.3 is 0 Å². The minimum Gasteiger partial charge on any atom is -0.497 e. The first-order chi connectivity index (χ1) is 13.6. The fourth-order valence-corrected chi connectivity index (χ4v) is 3.68. The number of hydrogen-bond acceptors (Lipinski definition) is 6. The van der Waals surface area contributed by atoms with Crippen molar-refractivity contribution < 1.29 is 9.84 Å². The monoisotopic (exact) mass is 382 g/mol. The number of anilines is 2. The Morgan fingerprint density at radius 1 is 1.21 bits per heavy atom. The maximum absolute atomic E-state index is 9.69. The van der Waals surface area contributed by atoms with E-state index in [1.165, 1.54) is 24.0 Å². The second kappa shape index (κ2) is 7.95. The van der Waals surface area contributed by atoms with Gasteiger partial charge in [-0.2, -0.15) is 0 Å². The van der Waals surface area contributed by atoms with Gasteiger partial charge in [0.05, 0.1) is 19.8 Å². The second-order valence-corrected chi connectivity index (χ2v) is 8.23. The molecule has 2 heterocycles. The summed E-state index contributed by atoms with van der Waals surface area (Å²) in [6, 6.07) is 8.35. The van der Waals surface area contributed by atoms with E-state index in [9.17, 15) is 5.11 Å². The zero-order valence-electron chi connectivity index (χ0n) is 17.0. The molecule has 150 valence electrons. The van der Waals surface area contributed by atoms with E-state index in [2.05, 4.69) is 36.2 Å². The van der Waals surface area contributed by atoms with Gasteiger partial charge in [0.25, 0.3) is 0 Å². The first-order valence-corrected chi connectivity index (χ1v) is 10.2. The number of aliphatic hydroxyl groups excluding tert-OH is 1. The van der Waals surface area contributed by atoms with Crippen molar-refractivity contribution in [3.05, 3.63) is 41.2 Å². The van der Waals surface area contributed by atoms with Crippen molar-refractivity contribution in [1.82, 2.24) is 9.97 Å². The maximum atomic E-state index is 9.69. The van der Waals surface area contributed by atoms with E-state index in [1.807, 2.05) is 12.1 Å². The summed E-state index contributed by atoms with van der Waals surface area (Å²) in [7, 11) is 1.71. The average molecular weight is 383 g/mol. The Labute approximate surface area is 167 Å². The molecule has 1 saturated carbocycles. The molecule has 0 saturated heterocycles. The zero-order valence-corrected chi connectivity index (χ0v) is 17.0. The Kier molecular flexibility index (Phi) is 5.40. The molecule has 28 heavy (non-hydrogen) atoms. The van der Waals surface area contributed by atoms with Crippen molar-refractivity contribution in [3.63, 3.8) is 0 Å². The summed E-state index contributed by atoms with van der Waals surface area (Å²) >= 11 is 0. The van der Waals surface area contributed by atoms with Crippen LogP contribution in [0.15, 0.2) is 24.3 Å². The van der Waals surface area contributed by atoms with Crippen LogP contribution in [0.3, 0.4) is 0 Å². The first-order valence-electron chi connectivity index (χ1n) is 10.2. The van der Waals surface area contributed by atoms with Crippen LogP contribution in [0, 0.1) is 5.92 Å². The highest BCUT2D eigenvalue weighted by atomic mass is 16.5. The minimum atomic E-state index is -0.00986. The molecule has 1 aliphatic carbocycles. The average Bonchev–Trinajstić information content (AvgIpc) is 3.56. The number of aliphatic hydroxyl groups is 1. The Morgan fingerprint density at radius 3 is 2.71 bits per heavy atom. The standard InChI is InChI=1S/C22H30N4O2/c1-14(2)19(13-27)23-20-11-21(25-22(24-20)15-4-5-15)26-9-8-16-10-18(28-3)7-6-17(16)12-26/h6-7,10-11,14-15,19,27H,4-5,8-9,12-13H2,1-3H3,(H,23,24,25)/t19-/m1/s1. The Balaban J connectivity index is 1.59. The van der Waals surface area contributed by atoms with E-state index in [0.29, 0.717) is 11.8 Å². The van der Waals surface area contributed by atoms with Crippen LogP contribution in [-0.4, -0.2) is 41.4 Å². The quantitative estimate of drug-likeness (QED) is 0.765. The van der Waals surface area contributed by atoms with Gasteiger partial charge in [-0.05, 0) is 48.4 Å². The molecule has 1 aliphatic heterocycles. The van der Waals surface area contributed by atoms with Gasteiger partial charge in [-0.25, -0.2) is 9.97 Å². The molecule has 6 heteroatoms. The molecule has 6 nitrogen and oxygen atoms in total. The van der Waals surface area contributed by atoms with E-state index in [-0.39, 0.29) is 12.6 Å². The number of nitrogens with one attached hydrogen (secondary N) is 1. The van der Waals surface area contributed by atoms with Gasteiger partial charge in [0.1, 0.15) is 23.2 Å². The molecule has 0 amide bonds. The number of nitrogens with zero attached hydrogens (tertiary/aromatic N) is 3. The van der Waals surface area contributed by atoms with Crippen LogP contribution in [0.5, 0.6) is 5.75 Å². The van der Waals surface area contributed by atoms with Crippen molar-refractivity contribution in [3.8, 4) is 5.75 Å². The Bertz CT molecular complexity index is 835. The fourth-order valence-electron chi connectivity index (χ4n) is 3.68. The number of rotatable bonds is 7. The highest BCUT2D eigenvalue weighted by molar-refractivity contribution is 5.53. The molecule has 0 bridgehead atoms. The predicted octanol–water partition coefficient (Wildman–Crippen LogP) is 3.35. The fraction of sp³-hybridized carbons (Fsp3) is 0.545. The second-order valence-electron chi connectivity index (χ2n) is 8.23. The molecule has 4 rings (SSSR count). The predicted molar refractivity (Wildman–Crippen MR) is 111 cm³/mol. The zero-order chi connectivity index (χ0) is 19.7. The van der Waals surface area contributed by atoms with Crippen molar-refractivity contribution in [1.29, 1.82) is 0 Å².